The highest BCUT2D eigenvalue weighted by Gasteiger charge is 2.29. The number of nitrogens with one attached hydrogen (secondary N) is 3. The Balaban J connectivity index is 1.44. The van der Waals surface area contributed by atoms with Crippen molar-refractivity contribution in [3.63, 3.8) is 0 Å². The van der Waals surface area contributed by atoms with Crippen LogP contribution in [0.1, 0.15) is 12.8 Å². The van der Waals surface area contributed by atoms with Crippen molar-refractivity contribution < 1.29 is 4.79 Å². The van der Waals surface area contributed by atoms with Crippen molar-refractivity contribution in [3.05, 3.63) is 42.6 Å². The Kier molecular flexibility index (Phi) is 4.44. The van der Waals surface area contributed by atoms with Crippen molar-refractivity contribution in [2.75, 3.05) is 16.4 Å². The summed E-state index contributed by atoms with van der Waals surface area (Å²) >= 11 is 1.39. The molecule has 0 spiro atoms. The zero-order chi connectivity index (χ0) is 17.9. The molecule has 1 aliphatic carbocycles. The van der Waals surface area contributed by atoms with E-state index in [2.05, 4.69) is 30.8 Å². The minimum atomic E-state index is 0.0964. The summed E-state index contributed by atoms with van der Waals surface area (Å²) in [7, 11) is 0. The van der Waals surface area contributed by atoms with Gasteiger partial charge in [-0.3, -0.25) is 9.89 Å². The summed E-state index contributed by atoms with van der Waals surface area (Å²) in [6.07, 6.45) is 3.62. The fourth-order valence-electron chi connectivity index (χ4n) is 2.32. The van der Waals surface area contributed by atoms with E-state index in [0.717, 1.165) is 29.2 Å². The summed E-state index contributed by atoms with van der Waals surface area (Å²) in [4.78, 5) is 21.4. The second-order valence-corrected chi connectivity index (χ2v) is 6.99. The van der Waals surface area contributed by atoms with Gasteiger partial charge in [0.05, 0.1) is 6.20 Å². The number of aromatic amines is 1. The van der Waals surface area contributed by atoms with E-state index >= 15 is 0 Å². The Bertz CT molecular complexity index is 907. The zero-order valence-electron chi connectivity index (χ0n) is 13.8. The van der Waals surface area contributed by atoms with E-state index in [1.165, 1.54) is 11.8 Å². The molecule has 3 aromatic rings. The van der Waals surface area contributed by atoms with E-state index < -0.39 is 0 Å². The molecule has 0 unspecified atom stereocenters. The lowest BCUT2D eigenvalue weighted by Gasteiger charge is -2.08. The number of hydrogen-bond donors (Lipinski definition) is 4. The van der Waals surface area contributed by atoms with Gasteiger partial charge in [0, 0.05) is 28.6 Å². The smallest absolute Gasteiger partial charge is 0.227 e. The summed E-state index contributed by atoms with van der Waals surface area (Å²) < 4.78 is 0. The summed E-state index contributed by atoms with van der Waals surface area (Å²) in [5.41, 5.74) is 6.67. The molecule has 0 atom stereocenters. The lowest BCUT2D eigenvalue weighted by Crippen LogP contribution is -2.12. The first-order chi connectivity index (χ1) is 12.7. The summed E-state index contributed by atoms with van der Waals surface area (Å²) in [5.74, 6) is 1.95. The number of nitrogen functional groups attached to an aromatic ring is 1. The van der Waals surface area contributed by atoms with E-state index in [4.69, 9.17) is 5.73 Å². The Labute approximate surface area is 154 Å². The molecule has 1 fully saturated rings. The second-order valence-electron chi connectivity index (χ2n) is 5.95. The van der Waals surface area contributed by atoms with Crippen molar-refractivity contribution in [1.82, 2.24) is 20.2 Å². The molecule has 8 nitrogen and oxygen atoms in total. The van der Waals surface area contributed by atoms with Crippen LogP contribution < -0.4 is 16.4 Å². The van der Waals surface area contributed by atoms with Crippen molar-refractivity contribution in [2.45, 2.75) is 22.9 Å². The van der Waals surface area contributed by atoms with Gasteiger partial charge in [0.25, 0.3) is 0 Å². The molecule has 0 radical (unpaired) electrons. The van der Waals surface area contributed by atoms with E-state index in [1.807, 2.05) is 24.3 Å². The van der Waals surface area contributed by atoms with Crippen molar-refractivity contribution in [2.24, 2.45) is 5.92 Å². The molecule has 0 aliphatic heterocycles. The van der Waals surface area contributed by atoms with Crippen molar-refractivity contribution in [3.8, 4) is 0 Å². The van der Waals surface area contributed by atoms with Crippen LogP contribution in [0.15, 0.2) is 52.6 Å². The maximum Gasteiger partial charge on any atom is 0.227 e. The van der Waals surface area contributed by atoms with Crippen molar-refractivity contribution >= 4 is 40.8 Å². The predicted octanol–water partition coefficient (Wildman–Crippen LogP) is 3.03. The highest BCUT2D eigenvalue weighted by atomic mass is 32.2. The summed E-state index contributed by atoms with van der Waals surface area (Å²) in [5, 5.41) is 13.2. The molecule has 5 N–H and O–H groups in total. The molecule has 0 saturated heterocycles. The molecule has 1 aliphatic rings. The first-order valence-electron chi connectivity index (χ1n) is 8.15. The van der Waals surface area contributed by atoms with Crippen LogP contribution in [0.2, 0.25) is 0 Å². The minimum absolute atomic E-state index is 0.0964. The zero-order valence-corrected chi connectivity index (χ0v) is 14.6. The number of anilines is 4. The number of carbonyl (C=O) groups is 1. The van der Waals surface area contributed by atoms with Crippen LogP contribution in [0.3, 0.4) is 0 Å². The minimum Gasteiger partial charge on any atom is -0.383 e. The van der Waals surface area contributed by atoms with Crippen LogP contribution in [-0.2, 0) is 4.79 Å². The van der Waals surface area contributed by atoms with Gasteiger partial charge in [-0.15, -0.1) is 0 Å². The number of benzene rings is 1. The van der Waals surface area contributed by atoms with Gasteiger partial charge in [0.2, 0.25) is 5.91 Å². The predicted molar refractivity (Wildman–Crippen MR) is 100 cm³/mol. The van der Waals surface area contributed by atoms with Crippen molar-refractivity contribution in [1.29, 1.82) is 0 Å². The second kappa shape index (κ2) is 7.04. The van der Waals surface area contributed by atoms with E-state index in [0.29, 0.717) is 16.8 Å². The monoisotopic (exact) mass is 367 g/mol. The Morgan fingerprint density at radius 2 is 2.00 bits per heavy atom. The third-order valence-corrected chi connectivity index (χ3v) is 4.64. The lowest BCUT2D eigenvalue weighted by molar-refractivity contribution is -0.117. The molecule has 1 aromatic carbocycles. The van der Waals surface area contributed by atoms with Crippen LogP contribution in [0, 0.1) is 5.92 Å². The Morgan fingerprint density at radius 3 is 2.69 bits per heavy atom. The fourth-order valence-corrected chi connectivity index (χ4v) is 3.10. The quantitative estimate of drug-likeness (QED) is 0.494. The van der Waals surface area contributed by atoms with Gasteiger partial charge in [-0.05, 0) is 48.9 Å². The molecule has 1 saturated carbocycles. The van der Waals surface area contributed by atoms with E-state index in [-0.39, 0.29) is 11.8 Å². The molecule has 26 heavy (non-hydrogen) atoms. The highest BCUT2D eigenvalue weighted by molar-refractivity contribution is 7.99. The standard InChI is InChI=1S/C17H17N7OS/c18-13-9-15(22-14-7-8-19-24-14)23-17(21-13)26-12-5-3-11(4-6-12)20-16(25)10-1-2-10/h3-10H,1-2H2,(H,20,25)(H4,18,19,21,22,23,24). The van der Waals surface area contributed by atoms with Gasteiger partial charge in [0.1, 0.15) is 17.5 Å². The molecule has 4 rings (SSSR count). The Morgan fingerprint density at radius 1 is 1.19 bits per heavy atom. The first-order valence-corrected chi connectivity index (χ1v) is 8.97. The van der Waals surface area contributed by atoms with Gasteiger partial charge >= 0.3 is 0 Å². The molecule has 2 heterocycles. The first kappa shape index (κ1) is 16.4. The van der Waals surface area contributed by atoms with Gasteiger partial charge in [-0.25, -0.2) is 9.97 Å². The summed E-state index contributed by atoms with van der Waals surface area (Å²) in [6.45, 7) is 0. The van der Waals surface area contributed by atoms with Gasteiger partial charge < -0.3 is 16.4 Å². The lowest BCUT2D eigenvalue weighted by atomic mass is 10.3. The van der Waals surface area contributed by atoms with Crippen LogP contribution in [0.4, 0.5) is 23.1 Å². The maximum absolute atomic E-state index is 11.8. The fraction of sp³-hybridized carbons (Fsp3) is 0.176. The average Bonchev–Trinajstić information content (AvgIpc) is 3.35. The van der Waals surface area contributed by atoms with Gasteiger partial charge in [-0.1, -0.05) is 0 Å². The number of H-pyrrole nitrogens is 1. The molecule has 0 bridgehead atoms. The van der Waals surface area contributed by atoms with Gasteiger partial charge in [-0.2, -0.15) is 5.10 Å². The van der Waals surface area contributed by atoms with E-state index in [9.17, 15) is 4.79 Å². The van der Waals surface area contributed by atoms with Crippen LogP contribution in [0.5, 0.6) is 0 Å². The highest BCUT2D eigenvalue weighted by Crippen LogP contribution is 2.31. The Hall–Kier alpha value is -3.07. The number of aromatic nitrogens is 4. The number of rotatable bonds is 6. The summed E-state index contributed by atoms with van der Waals surface area (Å²) in [6, 6.07) is 11.0. The largest absolute Gasteiger partial charge is 0.383 e. The normalized spacial score (nSPS) is 13.4. The maximum atomic E-state index is 11.8. The van der Waals surface area contributed by atoms with Crippen LogP contribution in [-0.4, -0.2) is 26.1 Å². The van der Waals surface area contributed by atoms with Crippen LogP contribution >= 0.6 is 11.8 Å². The number of nitrogens with zero attached hydrogens (tertiary/aromatic N) is 3. The SMILES string of the molecule is Nc1cc(Nc2ccn[nH]2)nc(Sc2ccc(NC(=O)C3CC3)cc2)n1. The third kappa shape index (κ3) is 4.12. The number of carbonyl (C=O) groups excluding carboxylic acids is 1. The van der Waals surface area contributed by atoms with E-state index in [1.54, 1.807) is 18.3 Å². The topological polar surface area (TPSA) is 122 Å². The third-order valence-electron chi connectivity index (χ3n) is 3.77. The van der Waals surface area contributed by atoms with Gasteiger partial charge in [0.15, 0.2) is 5.16 Å². The number of hydrogen-bond acceptors (Lipinski definition) is 7. The average molecular weight is 367 g/mol. The molecule has 1 amide bonds. The molecule has 132 valence electrons. The molecule has 2 aromatic heterocycles. The number of nitrogens with two attached hydrogens (primary N) is 1. The van der Waals surface area contributed by atoms with Crippen LogP contribution in [0.25, 0.3) is 0 Å². The molecule has 9 heteroatoms. The number of amides is 1. The molecular formula is C17H17N7OS. The molecular weight excluding hydrogens is 350 g/mol.